The number of nitrogens with zero attached hydrogens (tertiary/aromatic N) is 1. The molecule has 1 fully saturated rings. The highest BCUT2D eigenvalue weighted by atomic mass is 19.1. The number of benzene rings is 2. The van der Waals surface area contributed by atoms with E-state index in [-0.39, 0.29) is 11.7 Å². The Balaban J connectivity index is 1.75. The van der Waals surface area contributed by atoms with E-state index in [0.29, 0.717) is 17.2 Å². The number of halogens is 1. The molecule has 1 aliphatic rings. The average molecular weight is 299 g/mol. The van der Waals surface area contributed by atoms with Gasteiger partial charge in [-0.3, -0.25) is 4.79 Å². The molecule has 114 valence electrons. The van der Waals surface area contributed by atoms with Gasteiger partial charge in [0.2, 0.25) is 0 Å². The van der Waals surface area contributed by atoms with Crippen molar-refractivity contribution in [2.75, 3.05) is 14.1 Å². The van der Waals surface area contributed by atoms with Gasteiger partial charge in [-0.2, -0.15) is 0 Å². The predicted molar refractivity (Wildman–Crippen MR) is 82.9 cm³/mol. The molecule has 0 unspecified atom stereocenters. The molecule has 0 N–H and O–H groups in total. The van der Waals surface area contributed by atoms with E-state index in [1.165, 1.54) is 35.4 Å². The summed E-state index contributed by atoms with van der Waals surface area (Å²) in [5, 5.41) is 0. The standard InChI is InChI=1S/C18H18FNO2/c1-20(2)18(21)14-7-10-17(16(19)11-14)22-15-8-5-13(6-9-15)12-3-4-12/h5-12H,3-4H2,1-2H3. The zero-order chi connectivity index (χ0) is 15.7. The molecule has 0 bridgehead atoms. The first kappa shape index (κ1) is 14.6. The summed E-state index contributed by atoms with van der Waals surface area (Å²) in [7, 11) is 3.26. The van der Waals surface area contributed by atoms with Crippen molar-refractivity contribution >= 4 is 5.91 Å². The molecular formula is C18H18FNO2. The van der Waals surface area contributed by atoms with Crippen LogP contribution in [-0.4, -0.2) is 24.9 Å². The zero-order valence-corrected chi connectivity index (χ0v) is 12.7. The van der Waals surface area contributed by atoms with E-state index in [1.807, 2.05) is 24.3 Å². The second-order valence-electron chi connectivity index (χ2n) is 5.79. The van der Waals surface area contributed by atoms with Crippen LogP contribution < -0.4 is 4.74 Å². The van der Waals surface area contributed by atoms with E-state index in [9.17, 15) is 9.18 Å². The summed E-state index contributed by atoms with van der Waals surface area (Å²) in [5.41, 5.74) is 1.61. The maximum absolute atomic E-state index is 14.1. The molecule has 4 heteroatoms. The van der Waals surface area contributed by atoms with Crippen molar-refractivity contribution < 1.29 is 13.9 Å². The van der Waals surface area contributed by atoms with Crippen molar-refractivity contribution in [1.29, 1.82) is 0 Å². The lowest BCUT2D eigenvalue weighted by molar-refractivity contribution is 0.0827. The number of amides is 1. The fraction of sp³-hybridized carbons (Fsp3) is 0.278. The normalized spacial score (nSPS) is 13.8. The van der Waals surface area contributed by atoms with Crippen molar-refractivity contribution in [2.24, 2.45) is 0 Å². The fourth-order valence-electron chi connectivity index (χ4n) is 2.33. The number of carbonyl (C=O) groups excluding carboxylic acids is 1. The molecule has 0 saturated heterocycles. The largest absolute Gasteiger partial charge is 0.454 e. The van der Waals surface area contributed by atoms with Crippen LogP contribution in [0.25, 0.3) is 0 Å². The summed E-state index contributed by atoms with van der Waals surface area (Å²) in [5.74, 6) is 0.616. The van der Waals surface area contributed by atoms with Gasteiger partial charge >= 0.3 is 0 Å². The smallest absolute Gasteiger partial charge is 0.253 e. The van der Waals surface area contributed by atoms with E-state index in [2.05, 4.69) is 0 Å². The number of rotatable bonds is 4. The van der Waals surface area contributed by atoms with Crippen LogP contribution in [0.5, 0.6) is 11.5 Å². The van der Waals surface area contributed by atoms with Gasteiger partial charge in [-0.05, 0) is 54.7 Å². The minimum absolute atomic E-state index is 0.120. The van der Waals surface area contributed by atoms with Crippen molar-refractivity contribution in [2.45, 2.75) is 18.8 Å². The molecule has 1 aliphatic carbocycles. The topological polar surface area (TPSA) is 29.5 Å². The van der Waals surface area contributed by atoms with Crippen LogP contribution >= 0.6 is 0 Å². The summed E-state index contributed by atoms with van der Waals surface area (Å²) in [6.07, 6.45) is 2.49. The van der Waals surface area contributed by atoms with Gasteiger partial charge in [-0.1, -0.05) is 12.1 Å². The molecule has 3 rings (SSSR count). The number of hydrogen-bond acceptors (Lipinski definition) is 2. The van der Waals surface area contributed by atoms with Crippen LogP contribution in [0.15, 0.2) is 42.5 Å². The summed E-state index contributed by atoms with van der Waals surface area (Å²) in [6.45, 7) is 0. The van der Waals surface area contributed by atoms with Crippen LogP contribution in [0, 0.1) is 5.82 Å². The highest BCUT2D eigenvalue weighted by Crippen LogP contribution is 2.40. The van der Waals surface area contributed by atoms with Gasteiger partial charge in [-0.25, -0.2) is 4.39 Å². The highest BCUT2D eigenvalue weighted by molar-refractivity contribution is 5.94. The van der Waals surface area contributed by atoms with Gasteiger partial charge in [0, 0.05) is 19.7 Å². The third-order valence-corrected chi connectivity index (χ3v) is 3.74. The molecule has 0 heterocycles. The van der Waals surface area contributed by atoms with Crippen LogP contribution in [0.1, 0.15) is 34.7 Å². The Morgan fingerprint density at radius 2 is 1.82 bits per heavy atom. The van der Waals surface area contributed by atoms with Gasteiger partial charge in [0.25, 0.3) is 5.91 Å². The Bertz CT molecular complexity index is 691. The quantitative estimate of drug-likeness (QED) is 0.847. The van der Waals surface area contributed by atoms with Gasteiger partial charge in [0.05, 0.1) is 0 Å². The molecular weight excluding hydrogens is 281 g/mol. The van der Waals surface area contributed by atoms with Crippen molar-refractivity contribution in [1.82, 2.24) is 4.90 Å². The second kappa shape index (κ2) is 5.79. The van der Waals surface area contributed by atoms with E-state index in [4.69, 9.17) is 4.74 Å². The molecule has 2 aromatic carbocycles. The van der Waals surface area contributed by atoms with Crippen molar-refractivity contribution in [3.8, 4) is 11.5 Å². The SMILES string of the molecule is CN(C)C(=O)c1ccc(Oc2ccc(C3CC3)cc2)c(F)c1. The van der Waals surface area contributed by atoms with E-state index in [0.717, 1.165) is 0 Å². The summed E-state index contributed by atoms with van der Waals surface area (Å²) in [4.78, 5) is 13.2. The second-order valence-corrected chi connectivity index (χ2v) is 5.79. The number of carbonyl (C=O) groups is 1. The lowest BCUT2D eigenvalue weighted by atomic mass is 10.1. The fourth-order valence-corrected chi connectivity index (χ4v) is 2.33. The molecule has 0 aromatic heterocycles. The molecule has 22 heavy (non-hydrogen) atoms. The maximum atomic E-state index is 14.1. The lowest BCUT2D eigenvalue weighted by Crippen LogP contribution is -2.21. The summed E-state index contributed by atoms with van der Waals surface area (Å²) >= 11 is 0. The summed E-state index contributed by atoms with van der Waals surface area (Å²) in [6, 6.07) is 12.0. The molecule has 0 spiro atoms. The molecule has 2 aromatic rings. The molecule has 0 atom stereocenters. The van der Waals surface area contributed by atoms with Gasteiger partial charge in [0.1, 0.15) is 5.75 Å². The Morgan fingerprint density at radius 3 is 2.36 bits per heavy atom. The van der Waals surface area contributed by atoms with Crippen LogP contribution in [0.3, 0.4) is 0 Å². The average Bonchev–Trinajstić information content (AvgIpc) is 3.34. The number of hydrogen-bond donors (Lipinski definition) is 0. The molecule has 1 saturated carbocycles. The molecule has 3 nitrogen and oxygen atoms in total. The van der Waals surface area contributed by atoms with Crippen LogP contribution in [-0.2, 0) is 0 Å². The van der Waals surface area contributed by atoms with E-state index < -0.39 is 5.82 Å². The third-order valence-electron chi connectivity index (χ3n) is 3.74. The van der Waals surface area contributed by atoms with Crippen LogP contribution in [0.2, 0.25) is 0 Å². The Kier molecular flexibility index (Phi) is 3.84. The Hall–Kier alpha value is -2.36. The van der Waals surface area contributed by atoms with E-state index >= 15 is 0 Å². The molecule has 0 aliphatic heterocycles. The Labute approximate surface area is 129 Å². The number of ether oxygens (including phenoxy) is 1. The summed E-state index contributed by atoms with van der Waals surface area (Å²) < 4.78 is 19.6. The minimum Gasteiger partial charge on any atom is -0.454 e. The zero-order valence-electron chi connectivity index (χ0n) is 12.7. The predicted octanol–water partition coefficient (Wildman–Crippen LogP) is 4.20. The van der Waals surface area contributed by atoms with Crippen molar-refractivity contribution in [3.05, 3.63) is 59.4 Å². The Morgan fingerprint density at radius 1 is 1.14 bits per heavy atom. The molecule has 1 amide bonds. The third kappa shape index (κ3) is 3.11. The highest BCUT2D eigenvalue weighted by Gasteiger charge is 2.23. The van der Waals surface area contributed by atoms with Crippen molar-refractivity contribution in [3.63, 3.8) is 0 Å². The first-order valence-corrected chi connectivity index (χ1v) is 7.33. The van der Waals surface area contributed by atoms with E-state index in [1.54, 1.807) is 20.2 Å². The van der Waals surface area contributed by atoms with Gasteiger partial charge < -0.3 is 9.64 Å². The van der Waals surface area contributed by atoms with Gasteiger partial charge in [0.15, 0.2) is 11.6 Å². The lowest BCUT2D eigenvalue weighted by Gasteiger charge is -2.12. The molecule has 0 radical (unpaired) electrons. The first-order valence-electron chi connectivity index (χ1n) is 7.33. The monoisotopic (exact) mass is 299 g/mol. The first-order chi connectivity index (χ1) is 10.5. The van der Waals surface area contributed by atoms with Crippen LogP contribution in [0.4, 0.5) is 4.39 Å². The minimum atomic E-state index is -0.543. The van der Waals surface area contributed by atoms with Gasteiger partial charge in [-0.15, -0.1) is 0 Å². The maximum Gasteiger partial charge on any atom is 0.253 e.